The number of fused-ring (bicyclic) bond motifs is 3. The van der Waals surface area contributed by atoms with Gasteiger partial charge >= 0.3 is 17.1 Å². The van der Waals surface area contributed by atoms with E-state index in [-0.39, 0.29) is 75.7 Å². The molecule has 1 aliphatic heterocycles. The molecule has 5 amide bonds. The molecule has 0 fully saturated rings. The maximum atomic E-state index is 14.0. The van der Waals surface area contributed by atoms with Crippen LogP contribution in [0.15, 0.2) is 257 Å². The summed E-state index contributed by atoms with van der Waals surface area (Å²) < 4.78 is 24.8. The van der Waals surface area contributed by atoms with Crippen molar-refractivity contribution in [3.8, 4) is 34.1 Å². The van der Waals surface area contributed by atoms with Crippen molar-refractivity contribution in [2.75, 3.05) is 126 Å². The number of hydrogen-bond acceptors (Lipinski definition) is 24. The van der Waals surface area contributed by atoms with Crippen molar-refractivity contribution in [2.24, 2.45) is 4.99 Å². The normalized spacial score (nSPS) is 12.5. The number of nitrogens with zero attached hydrogens (tertiary/aromatic N) is 21. The van der Waals surface area contributed by atoms with Gasteiger partial charge in [0.2, 0.25) is 17.7 Å². The van der Waals surface area contributed by atoms with Gasteiger partial charge < -0.3 is 56.6 Å². The molecule has 0 spiro atoms. The number of aromatic nitrogens is 14. The second-order valence-electron chi connectivity index (χ2n) is 29.9. The van der Waals surface area contributed by atoms with Gasteiger partial charge in [-0.3, -0.25) is 57.4 Å². The summed E-state index contributed by atoms with van der Waals surface area (Å²) in [4.78, 5) is 166. The van der Waals surface area contributed by atoms with Crippen molar-refractivity contribution >= 4 is 142 Å². The third kappa shape index (κ3) is 20.5. The maximum absolute atomic E-state index is 14.0. The Morgan fingerprint density at radius 2 is 0.836 bits per heavy atom. The molecule has 9 heterocycles. The minimum Gasteiger partial charge on any atom is -0.382 e. The minimum absolute atomic E-state index is 0.0794. The Balaban J connectivity index is 0.000000164. The predicted molar refractivity (Wildman–Crippen MR) is 498 cm³/mol. The van der Waals surface area contributed by atoms with Gasteiger partial charge in [-0.1, -0.05) is 58.7 Å². The number of nitrogen functional groups attached to an aromatic ring is 3. The third-order valence-corrected chi connectivity index (χ3v) is 21.6. The van der Waals surface area contributed by atoms with Crippen LogP contribution in [0.3, 0.4) is 0 Å². The number of nitrogens with one attached hydrogen (secondary N) is 2. The van der Waals surface area contributed by atoms with E-state index >= 15 is 0 Å². The van der Waals surface area contributed by atoms with Crippen LogP contribution >= 0.6 is 22.3 Å². The SMILES string of the molecule is CC1=NCS(NC(=O)c2ccc(-n3c(=O)n(-c4cccc(N(C)C(=O)/C=C/CN(C)C)c4)c4ncnc(N)c43)cc2)=C1.CN(C)C/C=C/C(=O)N(C)c1cccc(-n2c(=O)n(-c3ccc(C(=O)Cc4ccc(Cl)cn4)cc3)c3c(N)ncnc32)c1.CN(C)C/C=C/C(=O)N(C)c1cccc(-n2c(=O)n(-c3ccc(C(=O)Nc4cncc(F)c4)cc3)c3c(N)ncnc32)c1. The smallest absolute Gasteiger partial charge is 0.339 e. The number of Topliss-reactive ketones (excluding diaryl/α,β-unsaturated/α-hetero) is 1. The molecular formula is C90H88ClFN26O9S. The number of nitrogens with two attached hydrogens (primary N) is 3. The maximum Gasteiger partial charge on any atom is 0.339 e. The molecule has 38 heteroatoms. The fourth-order valence-corrected chi connectivity index (χ4v) is 14.9. The molecule has 8 aromatic heterocycles. The van der Waals surface area contributed by atoms with Gasteiger partial charge in [-0.25, -0.2) is 62.4 Å². The summed E-state index contributed by atoms with van der Waals surface area (Å²) in [5.74, 6) is -1.19. The van der Waals surface area contributed by atoms with E-state index in [0.717, 1.165) is 18.0 Å². The topological polar surface area (TPSA) is 420 Å². The highest BCUT2D eigenvalue weighted by molar-refractivity contribution is 8.15. The fraction of sp³-hybridized carbons (Fsp3) is 0.167. The molecule has 35 nitrogen and oxygen atoms in total. The number of anilines is 7. The lowest BCUT2D eigenvalue weighted by molar-refractivity contribution is -0.114. The molecule has 1 unspecified atom stereocenters. The summed E-state index contributed by atoms with van der Waals surface area (Å²) in [6, 6.07) is 45.0. The van der Waals surface area contributed by atoms with Crippen LogP contribution < -0.4 is 59.0 Å². The lowest BCUT2D eigenvalue weighted by Gasteiger charge is -2.16. The number of carbonyl (C=O) groups excluding carboxylic acids is 6. The predicted octanol–water partition coefficient (Wildman–Crippen LogP) is 9.11. The summed E-state index contributed by atoms with van der Waals surface area (Å²) in [5.41, 5.74) is 26.6. The fourth-order valence-electron chi connectivity index (χ4n) is 13.4. The highest BCUT2D eigenvalue weighted by Gasteiger charge is 2.27. The van der Waals surface area contributed by atoms with Gasteiger partial charge in [0.1, 0.15) is 41.3 Å². The number of likely N-dealkylation sites (N-methyl/N-ethyl adjacent to an activating group) is 6. The van der Waals surface area contributed by atoms with Crippen molar-refractivity contribution < 1.29 is 33.2 Å². The number of halogens is 2. The lowest BCUT2D eigenvalue weighted by Crippen LogP contribution is -2.25. The minimum atomic E-state index is -0.579. The number of benzene rings is 6. The Kier molecular flexibility index (Phi) is 28.0. The molecular weight excluding hydrogens is 1680 g/mol. The Morgan fingerprint density at radius 1 is 0.453 bits per heavy atom. The Morgan fingerprint density at radius 3 is 1.19 bits per heavy atom. The van der Waals surface area contributed by atoms with Crippen LogP contribution in [-0.4, -0.2) is 217 Å². The van der Waals surface area contributed by atoms with Crippen LogP contribution in [0.2, 0.25) is 5.02 Å². The van der Waals surface area contributed by atoms with Gasteiger partial charge in [0.05, 0.1) is 69.5 Å². The van der Waals surface area contributed by atoms with Crippen LogP contribution in [0.25, 0.3) is 67.6 Å². The van der Waals surface area contributed by atoms with Gasteiger partial charge in [-0.15, -0.1) is 0 Å². The second kappa shape index (κ2) is 39.9. The Labute approximate surface area is 739 Å². The van der Waals surface area contributed by atoms with Gasteiger partial charge in [0, 0.05) is 122 Å². The van der Waals surface area contributed by atoms with E-state index in [1.165, 1.54) is 104 Å². The van der Waals surface area contributed by atoms with Crippen molar-refractivity contribution in [3.63, 3.8) is 0 Å². The molecule has 14 aromatic rings. The molecule has 0 saturated heterocycles. The first kappa shape index (κ1) is 90.0. The number of pyridine rings is 2. The lowest BCUT2D eigenvalue weighted by atomic mass is 10.1. The van der Waals surface area contributed by atoms with E-state index in [1.807, 2.05) is 69.3 Å². The quantitative estimate of drug-likeness (QED) is 0.0202. The largest absolute Gasteiger partial charge is 0.382 e. The molecule has 0 saturated carbocycles. The number of rotatable bonds is 25. The average Bonchev–Trinajstić information content (AvgIpc) is 1.60. The van der Waals surface area contributed by atoms with Gasteiger partial charge in [-0.2, -0.15) is 0 Å². The first-order valence-electron chi connectivity index (χ1n) is 39.4. The molecule has 1 atom stereocenters. The molecule has 6 aromatic carbocycles. The number of imidazole rings is 3. The molecule has 0 bridgehead atoms. The Bertz CT molecular complexity index is 6960. The molecule has 8 N–H and O–H groups in total. The number of ketones is 1. The summed E-state index contributed by atoms with van der Waals surface area (Å²) >= 11 is 5.89. The van der Waals surface area contributed by atoms with Crippen LogP contribution in [-0.2, 0) is 20.8 Å². The van der Waals surface area contributed by atoms with E-state index in [0.29, 0.717) is 121 Å². The molecule has 0 aliphatic carbocycles. The van der Waals surface area contributed by atoms with Gasteiger partial charge in [0.15, 0.2) is 40.2 Å². The highest BCUT2D eigenvalue weighted by atomic mass is 35.5. The molecule has 128 heavy (non-hydrogen) atoms. The van der Waals surface area contributed by atoms with Gasteiger partial charge in [-0.05, 0) is 189 Å². The standard InChI is InChI=1S/C31H29ClN8O3.C30H28FN9O3.C29H31N9O3S/c1-37(2)15-5-8-27(42)38(3)24-6-4-7-25(17-24)40-30-28(29(33)35-19-36-30)39(31(40)43)23-13-9-20(10-14-23)26(41)16-22-12-11-21(32)18-34-22;1-37(2)13-5-8-25(41)38(3)23-6-4-7-24(15-23)40-28-26(27(32)34-18-35-28)39(30(40)43)22-11-9-19(10-12-22)29(42)36-21-14-20(31)16-33-17-21;1-19-16-42(18-33-19)34-28(40)20-10-12-21(13-11-20)37-25-26(30)31-17-32-27(25)38(29(37)41)23-8-5-7-22(15-23)36(4)24(39)9-6-14-35(2)3/h4-14,17-19H,15-16H2,1-3H3,(H2,33,35,36);4-12,14-18H,13H2,1-3H3,(H,36,42)(H2,32,34,35);5-13,15-17H,14,18H2,1-4H3,(H,34,40)(H2,30,31,32)/b2*8-5+;9-6+. The van der Waals surface area contributed by atoms with E-state index in [4.69, 9.17) is 28.8 Å². The van der Waals surface area contributed by atoms with Crippen molar-refractivity contribution in [1.82, 2.24) is 86.7 Å². The monoisotopic (exact) mass is 1760 g/mol. The van der Waals surface area contributed by atoms with Crippen molar-refractivity contribution in [1.29, 1.82) is 0 Å². The summed E-state index contributed by atoms with van der Waals surface area (Å²) in [5, 5.41) is 5.02. The number of carbonyl (C=O) groups is 6. The third-order valence-electron chi connectivity index (χ3n) is 19.9. The van der Waals surface area contributed by atoms with Crippen LogP contribution in [0.5, 0.6) is 0 Å². The zero-order valence-electron chi connectivity index (χ0n) is 71.1. The van der Waals surface area contributed by atoms with Crippen LogP contribution in [0, 0.1) is 5.82 Å². The first-order valence-corrected chi connectivity index (χ1v) is 41.3. The van der Waals surface area contributed by atoms with Crippen LogP contribution in [0.1, 0.15) is 43.7 Å². The highest BCUT2D eigenvalue weighted by Crippen LogP contribution is 2.31. The molecule has 15 rings (SSSR count). The van der Waals surface area contributed by atoms with Crippen molar-refractivity contribution in [3.05, 3.63) is 302 Å². The number of hydrogen-bond donors (Lipinski definition) is 5. The zero-order chi connectivity index (χ0) is 91.3. The summed E-state index contributed by atoms with van der Waals surface area (Å²) in [7, 11) is 16.0. The molecule has 0 radical (unpaired) electrons. The van der Waals surface area contributed by atoms with Crippen molar-refractivity contribution in [2.45, 2.75) is 13.3 Å². The number of amides is 5. The van der Waals surface area contributed by atoms with E-state index in [2.05, 4.69) is 54.9 Å². The number of aliphatic imine (C=N–C) groups is 1. The average molecular weight is 1760 g/mol. The van der Waals surface area contributed by atoms with Gasteiger partial charge in [0.25, 0.3) is 11.8 Å². The van der Waals surface area contributed by atoms with Crippen LogP contribution in [0.4, 0.5) is 44.6 Å². The van der Waals surface area contributed by atoms with E-state index < -0.39 is 39.5 Å². The molecule has 652 valence electrons. The second-order valence-corrected chi connectivity index (χ2v) is 31.9. The Hall–Kier alpha value is -15.7. The first-order chi connectivity index (χ1) is 61.4. The molecule has 1 aliphatic rings. The summed E-state index contributed by atoms with van der Waals surface area (Å²) in [6.45, 7) is 3.78. The summed E-state index contributed by atoms with van der Waals surface area (Å²) in [6.07, 6.45) is 17.7. The van der Waals surface area contributed by atoms with E-state index in [1.54, 1.807) is 185 Å². The van der Waals surface area contributed by atoms with E-state index in [9.17, 15) is 47.5 Å². The zero-order valence-corrected chi connectivity index (χ0v) is 72.7.